The van der Waals surface area contributed by atoms with E-state index in [1.54, 1.807) is 0 Å². The third-order valence-corrected chi connectivity index (χ3v) is 1.01. The molecule has 0 saturated carbocycles. The summed E-state index contributed by atoms with van der Waals surface area (Å²) >= 11 is 0. The van der Waals surface area contributed by atoms with E-state index in [1.165, 1.54) is 0 Å². The molecule has 0 spiro atoms. The van der Waals surface area contributed by atoms with E-state index < -0.39 is 0 Å². The first-order chi connectivity index (χ1) is 4.89. The summed E-state index contributed by atoms with van der Waals surface area (Å²) in [4.78, 5) is 0. The molecule has 1 rings (SSSR count). The van der Waals surface area contributed by atoms with E-state index in [2.05, 4.69) is 6.08 Å². The number of hydrogen-bond donors (Lipinski definition) is 1. The summed E-state index contributed by atoms with van der Waals surface area (Å²) in [5.41, 5.74) is 6.29. The summed E-state index contributed by atoms with van der Waals surface area (Å²) in [5, 5.41) is 0. The molecule has 58 valence electrons. The van der Waals surface area contributed by atoms with Crippen molar-refractivity contribution in [2.75, 3.05) is 0 Å². The second-order valence-corrected chi connectivity index (χ2v) is 1.73. The van der Waals surface area contributed by atoms with Gasteiger partial charge in [0.15, 0.2) is 0 Å². The van der Waals surface area contributed by atoms with Gasteiger partial charge in [0.2, 0.25) is 0 Å². The number of rotatable bonds is 0. The first-order valence-corrected chi connectivity index (χ1v) is 3.68. The summed E-state index contributed by atoms with van der Waals surface area (Å²) in [6.45, 7) is 4.00. The third kappa shape index (κ3) is 3.96. The van der Waals surface area contributed by atoms with E-state index in [9.17, 15) is 0 Å². The topological polar surface area (TPSA) is 26.0 Å². The highest BCUT2D eigenvalue weighted by Crippen LogP contribution is 1.96. The van der Waals surface area contributed by atoms with Crippen molar-refractivity contribution in [2.24, 2.45) is 5.73 Å². The van der Waals surface area contributed by atoms with Crippen LogP contribution >= 0.6 is 0 Å². The Hall–Kier alpha value is -0.980. The molecular formula is C9H17N. The zero-order valence-corrected chi connectivity index (χ0v) is 6.67. The molecular weight excluding hydrogens is 122 g/mol. The van der Waals surface area contributed by atoms with Crippen molar-refractivity contribution in [1.82, 2.24) is 0 Å². The van der Waals surface area contributed by atoms with E-state index in [-0.39, 0.29) is 1.43 Å². The summed E-state index contributed by atoms with van der Waals surface area (Å²) in [6.07, 6.45) is 10.9. The van der Waals surface area contributed by atoms with E-state index in [0.29, 0.717) is 0 Å². The first-order valence-electron chi connectivity index (χ1n) is 3.68. The van der Waals surface area contributed by atoms with E-state index >= 15 is 0 Å². The fraction of sp³-hybridized carbons (Fsp3) is 0.333. The van der Waals surface area contributed by atoms with Crippen molar-refractivity contribution < 1.29 is 1.43 Å². The largest absolute Gasteiger partial charge is 0.399 e. The second-order valence-electron chi connectivity index (χ2n) is 1.73. The minimum absolute atomic E-state index is 0. The van der Waals surface area contributed by atoms with Crippen LogP contribution < -0.4 is 5.73 Å². The van der Waals surface area contributed by atoms with Gasteiger partial charge < -0.3 is 5.73 Å². The van der Waals surface area contributed by atoms with Gasteiger partial charge in [0.1, 0.15) is 0 Å². The van der Waals surface area contributed by atoms with Crippen LogP contribution in [0.5, 0.6) is 0 Å². The lowest BCUT2D eigenvalue weighted by Crippen LogP contribution is -1.89. The lowest BCUT2D eigenvalue weighted by molar-refractivity contribution is 1.38. The molecule has 0 aliphatic heterocycles. The molecule has 0 aromatic rings. The minimum atomic E-state index is 0. The maximum atomic E-state index is 5.46. The molecule has 0 radical (unpaired) electrons. The predicted molar refractivity (Wildman–Crippen MR) is 48.6 cm³/mol. The van der Waals surface area contributed by atoms with Gasteiger partial charge in [-0.1, -0.05) is 32.1 Å². The Balaban J connectivity index is 0. The van der Waals surface area contributed by atoms with Crippen LogP contribution in [0.15, 0.2) is 36.1 Å². The molecule has 0 unspecified atom stereocenters. The van der Waals surface area contributed by atoms with Crippen molar-refractivity contribution in [2.45, 2.75) is 20.3 Å². The highest BCUT2D eigenvalue weighted by Gasteiger charge is 1.80. The molecule has 0 aromatic carbocycles. The molecule has 0 bridgehead atoms. The Bertz CT molecular complexity index is 157. The average Bonchev–Trinajstić information content (AvgIpc) is 2.21. The molecule has 0 amide bonds. The van der Waals surface area contributed by atoms with Gasteiger partial charge in [0, 0.05) is 7.12 Å². The van der Waals surface area contributed by atoms with Crippen LogP contribution in [0.25, 0.3) is 0 Å². The van der Waals surface area contributed by atoms with Crippen molar-refractivity contribution in [3.63, 3.8) is 0 Å². The molecule has 10 heavy (non-hydrogen) atoms. The molecule has 2 N–H and O–H groups in total. The molecule has 0 heterocycles. The quantitative estimate of drug-likeness (QED) is 0.548. The lowest BCUT2D eigenvalue weighted by Gasteiger charge is -1.82. The summed E-state index contributed by atoms with van der Waals surface area (Å²) in [6, 6.07) is 0. The molecule has 1 heteroatoms. The van der Waals surface area contributed by atoms with Gasteiger partial charge in [-0.3, -0.25) is 0 Å². The molecule has 1 aliphatic rings. The van der Waals surface area contributed by atoms with Gasteiger partial charge in [0.25, 0.3) is 0 Å². The van der Waals surface area contributed by atoms with Crippen LogP contribution in [0, 0.1) is 0 Å². The van der Waals surface area contributed by atoms with Gasteiger partial charge in [-0.15, -0.1) is 0 Å². The summed E-state index contributed by atoms with van der Waals surface area (Å²) < 4.78 is 0. The molecule has 0 atom stereocenters. The van der Waals surface area contributed by atoms with Crippen LogP contribution in [0.1, 0.15) is 21.7 Å². The number of hydrogen-bond acceptors (Lipinski definition) is 1. The van der Waals surface area contributed by atoms with Crippen molar-refractivity contribution in [1.29, 1.82) is 0 Å². The Kier molecular flexibility index (Phi) is 5.54. The smallest absolute Gasteiger partial charge is 0.0310 e. The molecule has 0 fully saturated rings. The minimum Gasteiger partial charge on any atom is -0.399 e. The Morgan fingerprint density at radius 3 is 2.80 bits per heavy atom. The summed E-state index contributed by atoms with van der Waals surface area (Å²) in [7, 11) is 0. The Labute approximate surface area is 64.4 Å². The van der Waals surface area contributed by atoms with Gasteiger partial charge in [-0.2, -0.15) is 0 Å². The summed E-state index contributed by atoms with van der Waals surface area (Å²) in [5.74, 6) is 0. The molecule has 1 nitrogen and oxygen atoms in total. The fourth-order valence-corrected chi connectivity index (χ4v) is 0.596. The van der Waals surface area contributed by atoms with Gasteiger partial charge in [-0.05, 0) is 18.6 Å². The molecule has 0 aromatic heterocycles. The van der Waals surface area contributed by atoms with Crippen LogP contribution in [-0.4, -0.2) is 0 Å². The zero-order chi connectivity index (χ0) is 7.82. The van der Waals surface area contributed by atoms with Crippen LogP contribution in [-0.2, 0) is 0 Å². The zero-order valence-electron chi connectivity index (χ0n) is 6.67. The standard InChI is InChI=1S/C7H9N.C2H6.H2/c8-7-5-3-1-2-4-6-7;1-2;/h1,3-6H,2,8H2;1-2H3;1H. The van der Waals surface area contributed by atoms with Gasteiger partial charge in [-0.25, -0.2) is 0 Å². The Morgan fingerprint density at radius 1 is 1.40 bits per heavy atom. The van der Waals surface area contributed by atoms with Crippen molar-refractivity contribution >= 4 is 0 Å². The fourth-order valence-electron chi connectivity index (χ4n) is 0.596. The average molecular weight is 139 g/mol. The van der Waals surface area contributed by atoms with Crippen LogP contribution in [0.4, 0.5) is 0 Å². The maximum absolute atomic E-state index is 5.46. The second kappa shape index (κ2) is 6.14. The molecule has 1 aliphatic carbocycles. The first kappa shape index (κ1) is 9.02. The van der Waals surface area contributed by atoms with Crippen molar-refractivity contribution in [3.8, 4) is 0 Å². The number of allylic oxidation sites excluding steroid dienone is 5. The normalized spacial score (nSPS) is 14.8. The third-order valence-electron chi connectivity index (χ3n) is 1.01. The van der Waals surface area contributed by atoms with E-state index in [4.69, 9.17) is 5.73 Å². The monoisotopic (exact) mass is 139 g/mol. The predicted octanol–water partition coefficient (Wildman–Crippen LogP) is 2.62. The SMILES string of the molecule is CC.NC1=CC=CCC=C1.[HH]. The van der Waals surface area contributed by atoms with E-state index in [0.717, 1.165) is 12.1 Å². The van der Waals surface area contributed by atoms with E-state index in [1.807, 2.05) is 38.2 Å². The van der Waals surface area contributed by atoms with Gasteiger partial charge >= 0.3 is 0 Å². The highest BCUT2D eigenvalue weighted by atomic mass is 14.5. The number of nitrogens with two attached hydrogens (primary N) is 1. The maximum Gasteiger partial charge on any atom is 0.0310 e. The highest BCUT2D eigenvalue weighted by molar-refractivity contribution is 5.24. The lowest BCUT2D eigenvalue weighted by atomic mass is 10.4. The Morgan fingerprint density at radius 2 is 2.10 bits per heavy atom. The van der Waals surface area contributed by atoms with Crippen molar-refractivity contribution in [3.05, 3.63) is 36.1 Å². The van der Waals surface area contributed by atoms with Crippen LogP contribution in [0.2, 0.25) is 0 Å². The van der Waals surface area contributed by atoms with Crippen LogP contribution in [0.3, 0.4) is 0 Å². The molecule has 0 saturated heterocycles. The van der Waals surface area contributed by atoms with Gasteiger partial charge in [0.05, 0.1) is 0 Å².